The van der Waals surface area contributed by atoms with Gasteiger partial charge in [-0.2, -0.15) is 16.1 Å². The smallest absolute Gasteiger partial charge is 0.305 e. The minimum atomic E-state index is -3.90. The van der Waals surface area contributed by atoms with Gasteiger partial charge in [0.2, 0.25) is 10.0 Å². The van der Waals surface area contributed by atoms with Crippen molar-refractivity contribution in [1.82, 2.24) is 4.31 Å². The fourth-order valence-electron chi connectivity index (χ4n) is 2.09. The Morgan fingerprint density at radius 3 is 2.86 bits per heavy atom. The van der Waals surface area contributed by atoms with Gasteiger partial charge >= 0.3 is 5.97 Å². The Morgan fingerprint density at radius 2 is 2.24 bits per heavy atom. The van der Waals surface area contributed by atoms with Gasteiger partial charge < -0.3 is 5.11 Å². The molecule has 0 aliphatic carbocycles. The number of nitrogens with zero attached hydrogens (tertiary/aromatic N) is 1. The van der Waals surface area contributed by atoms with Gasteiger partial charge in [0.05, 0.1) is 15.8 Å². The topological polar surface area (TPSA) is 74.7 Å². The predicted molar refractivity (Wildman–Crippen MR) is 81.4 cm³/mol. The molecule has 2 rings (SSSR count). The molecule has 0 saturated carbocycles. The summed E-state index contributed by atoms with van der Waals surface area (Å²) in [7, 11) is -3.90. The van der Waals surface area contributed by atoms with Crippen LogP contribution in [0, 0.1) is 5.82 Å². The van der Waals surface area contributed by atoms with E-state index in [1.165, 1.54) is 28.2 Å². The summed E-state index contributed by atoms with van der Waals surface area (Å²) >= 11 is 4.49. The van der Waals surface area contributed by atoms with Crippen LogP contribution in [-0.2, 0) is 14.8 Å². The van der Waals surface area contributed by atoms with Crippen molar-refractivity contribution in [3.63, 3.8) is 0 Å². The van der Waals surface area contributed by atoms with E-state index >= 15 is 0 Å². The minimum Gasteiger partial charge on any atom is -0.481 e. The molecule has 1 aliphatic rings. The van der Waals surface area contributed by atoms with Gasteiger partial charge in [-0.15, -0.1) is 0 Å². The summed E-state index contributed by atoms with van der Waals surface area (Å²) in [6.45, 7) is 0.225. The highest BCUT2D eigenvalue weighted by atomic mass is 79.9. The summed E-state index contributed by atoms with van der Waals surface area (Å²) in [5.74, 6) is -0.708. The lowest BCUT2D eigenvalue weighted by Crippen LogP contribution is -2.46. The summed E-state index contributed by atoms with van der Waals surface area (Å²) in [5, 5.41) is 8.90. The monoisotopic (exact) mass is 397 g/mol. The van der Waals surface area contributed by atoms with Crippen LogP contribution in [0.1, 0.15) is 6.42 Å². The molecule has 1 saturated heterocycles. The van der Waals surface area contributed by atoms with Crippen LogP contribution in [0.3, 0.4) is 0 Å². The van der Waals surface area contributed by atoms with Crippen molar-refractivity contribution >= 4 is 43.7 Å². The number of aliphatic carboxylic acids is 1. The van der Waals surface area contributed by atoms with Crippen molar-refractivity contribution in [2.45, 2.75) is 17.4 Å². The van der Waals surface area contributed by atoms with Gasteiger partial charge in [-0.1, -0.05) is 0 Å². The van der Waals surface area contributed by atoms with Crippen molar-refractivity contribution in [1.29, 1.82) is 0 Å². The number of hydrogen-bond acceptors (Lipinski definition) is 4. The average Bonchev–Trinajstić information content (AvgIpc) is 2.41. The van der Waals surface area contributed by atoms with E-state index in [2.05, 4.69) is 15.9 Å². The van der Waals surface area contributed by atoms with Crippen LogP contribution in [0.25, 0.3) is 0 Å². The molecule has 1 unspecified atom stereocenters. The van der Waals surface area contributed by atoms with Crippen LogP contribution < -0.4 is 0 Å². The quantitative estimate of drug-likeness (QED) is 0.842. The Bertz CT molecular complexity index is 653. The maximum atomic E-state index is 13.6. The zero-order chi connectivity index (χ0) is 15.6. The van der Waals surface area contributed by atoms with Crippen LogP contribution in [0.5, 0.6) is 0 Å². The Hall–Kier alpha value is -0.640. The third-order valence-electron chi connectivity index (χ3n) is 3.08. The number of thioether (sulfide) groups is 1. The van der Waals surface area contributed by atoms with Gasteiger partial charge in [-0.3, -0.25) is 4.79 Å². The second-order valence-corrected chi connectivity index (χ2v) is 8.41. The molecule has 9 heteroatoms. The fraction of sp³-hybridized carbons (Fsp3) is 0.417. The van der Waals surface area contributed by atoms with E-state index in [0.29, 0.717) is 11.5 Å². The van der Waals surface area contributed by atoms with Crippen LogP contribution in [0.15, 0.2) is 27.6 Å². The Morgan fingerprint density at radius 1 is 1.52 bits per heavy atom. The zero-order valence-corrected chi connectivity index (χ0v) is 14.0. The standard InChI is InChI=1S/C12H13BrFNO4S2/c13-10-2-1-9(6-11(10)14)21(18,19)15-3-4-20-7-8(15)5-12(16)17/h1-2,6,8H,3-5,7H2,(H,16,17). The highest BCUT2D eigenvalue weighted by molar-refractivity contribution is 9.10. The first-order valence-electron chi connectivity index (χ1n) is 6.09. The predicted octanol–water partition coefficient (Wildman–Crippen LogP) is 2.17. The third-order valence-corrected chi connectivity index (χ3v) is 6.76. The van der Waals surface area contributed by atoms with Crippen molar-refractivity contribution in [3.8, 4) is 0 Å². The van der Waals surface area contributed by atoms with Gasteiger partial charge in [0.25, 0.3) is 0 Å². The molecule has 0 radical (unpaired) electrons. The molecule has 1 aromatic rings. The summed E-state index contributed by atoms with van der Waals surface area (Å²) in [6.07, 6.45) is -0.259. The molecule has 1 atom stereocenters. The highest BCUT2D eigenvalue weighted by Gasteiger charge is 2.35. The lowest BCUT2D eigenvalue weighted by atomic mass is 10.2. The van der Waals surface area contributed by atoms with E-state index < -0.39 is 27.9 Å². The average molecular weight is 398 g/mol. The molecular formula is C12H13BrFNO4S2. The largest absolute Gasteiger partial charge is 0.481 e. The van der Waals surface area contributed by atoms with Gasteiger partial charge in [-0.25, -0.2) is 12.8 Å². The SMILES string of the molecule is O=C(O)CC1CSCCN1S(=O)(=O)c1ccc(Br)c(F)c1. The maximum absolute atomic E-state index is 13.6. The first-order valence-corrected chi connectivity index (χ1v) is 9.47. The second-order valence-electron chi connectivity index (χ2n) is 4.52. The van der Waals surface area contributed by atoms with Gasteiger partial charge in [0, 0.05) is 24.1 Å². The summed E-state index contributed by atoms with van der Waals surface area (Å²) in [6, 6.07) is 2.96. The van der Waals surface area contributed by atoms with E-state index in [9.17, 15) is 17.6 Å². The molecule has 1 aliphatic heterocycles. The Kier molecular flexibility index (Phi) is 5.29. The Labute approximate surface area is 134 Å². The van der Waals surface area contributed by atoms with Crippen molar-refractivity contribution in [2.24, 2.45) is 0 Å². The van der Waals surface area contributed by atoms with E-state index in [1.807, 2.05) is 0 Å². The van der Waals surface area contributed by atoms with Crippen LogP contribution in [0.4, 0.5) is 4.39 Å². The molecule has 0 amide bonds. The van der Waals surface area contributed by atoms with E-state index in [1.54, 1.807) is 0 Å². The third kappa shape index (κ3) is 3.77. The number of carboxylic acids is 1. The molecule has 5 nitrogen and oxygen atoms in total. The zero-order valence-electron chi connectivity index (χ0n) is 10.8. The molecule has 1 fully saturated rings. The molecule has 116 valence electrons. The fourth-order valence-corrected chi connectivity index (χ4v) is 5.25. The molecular weight excluding hydrogens is 385 g/mol. The molecule has 0 bridgehead atoms. The molecule has 0 aromatic heterocycles. The first kappa shape index (κ1) is 16.7. The van der Waals surface area contributed by atoms with Crippen molar-refractivity contribution in [2.75, 3.05) is 18.1 Å². The number of rotatable bonds is 4. The number of carbonyl (C=O) groups is 1. The molecule has 0 spiro atoms. The van der Waals surface area contributed by atoms with E-state index in [0.717, 1.165) is 6.07 Å². The lowest BCUT2D eigenvalue weighted by molar-refractivity contribution is -0.137. The summed E-state index contributed by atoms with van der Waals surface area (Å²) in [4.78, 5) is 10.7. The normalized spacial score (nSPS) is 20.4. The van der Waals surface area contributed by atoms with Crippen LogP contribution in [-0.4, -0.2) is 47.9 Å². The van der Waals surface area contributed by atoms with Crippen molar-refractivity contribution in [3.05, 3.63) is 28.5 Å². The molecule has 1 heterocycles. The molecule has 1 aromatic carbocycles. The number of sulfonamides is 1. The van der Waals surface area contributed by atoms with E-state index in [-0.39, 0.29) is 22.3 Å². The maximum Gasteiger partial charge on any atom is 0.305 e. The van der Waals surface area contributed by atoms with Gasteiger partial charge in [0.15, 0.2) is 0 Å². The summed E-state index contributed by atoms with van der Waals surface area (Å²) < 4.78 is 40.1. The van der Waals surface area contributed by atoms with Crippen molar-refractivity contribution < 1.29 is 22.7 Å². The molecule has 1 N–H and O–H groups in total. The van der Waals surface area contributed by atoms with Crippen LogP contribution >= 0.6 is 27.7 Å². The van der Waals surface area contributed by atoms with Gasteiger partial charge in [0.1, 0.15) is 5.82 Å². The Balaban J connectivity index is 2.35. The number of halogens is 2. The van der Waals surface area contributed by atoms with Crippen LogP contribution in [0.2, 0.25) is 0 Å². The van der Waals surface area contributed by atoms with Gasteiger partial charge in [-0.05, 0) is 34.1 Å². The number of carboxylic acid groups (broad SMARTS) is 1. The molecule has 21 heavy (non-hydrogen) atoms. The first-order chi connectivity index (χ1) is 9.82. The highest BCUT2D eigenvalue weighted by Crippen LogP contribution is 2.28. The number of hydrogen-bond donors (Lipinski definition) is 1. The summed E-state index contributed by atoms with van der Waals surface area (Å²) in [5.41, 5.74) is 0. The minimum absolute atomic E-state index is 0.162. The van der Waals surface area contributed by atoms with E-state index in [4.69, 9.17) is 5.11 Å². The second kappa shape index (κ2) is 6.64. The number of benzene rings is 1. The lowest BCUT2D eigenvalue weighted by Gasteiger charge is -2.33.